The summed E-state index contributed by atoms with van der Waals surface area (Å²) in [4.78, 5) is 20.1. The number of benzene rings is 2. The van der Waals surface area contributed by atoms with Gasteiger partial charge in [0.05, 0.1) is 16.9 Å². The lowest BCUT2D eigenvalue weighted by Crippen LogP contribution is -2.30. The Balaban J connectivity index is 1.54. The van der Waals surface area contributed by atoms with Crippen LogP contribution in [0.15, 0.2) is 53.3 Å². The molecule has 3 aromatic rings. The first kappa shape index (κ1) is 20.8. The average molecular weight is 404 g/mol. The van der Waals surface area contributed by atoms with Crippen LogP contribution in [-0.2, 0) is 0 Å². The maximum atomic E-state index is 12.5. The zero-order chi connectivity index (χ0) is 21.1. The van der Waals surface area contributed by atoms with E-state index in [1.165, 1.54) is 43.2 Å². The Morgan fingerprint density at radius 2 is 1.67 bits per heavy atom. The molecule has 1 aliphatic carbocycles. The molecule has 1 aliphatic rings. The summed E-state index contributed by atoms with van der Waals surface area (Å²) < 4.78 is 0. The molecule has 158 valence electrons. The van der Waals surface area contributed by atoms with Gasteiger partial charge in [-0.3, -0.25) is 4.79 Å². The first-order chi connectivity index (χ1) is 14.5. The molecule has 2 aromatic carbocycles. The minimum atomic E-state index is -0.0813. The molecular formula is C26H33N3O. The van der Waals surface area contributed by atoms with E-state index in [-0.39, 0.29) is 17.6 Å². The molecule has 1 fully saturated rings. The number of aromatic nitrogens is 2. The van der Waals surface area contributed by atoms with Crippen molar-refractivity contribution >= 4 is 10.9 Å². The molecular weight excluding hydrogens is 370 g/mol. The predicted octanol–water partition coefficient (Wildman–Crippen LogP) is 6.02. The van der Waals surface area contributed by atoms with Crippen molar-refractivity contribution in [3.63, 3.8) is 0 Å². The summed E-state index contributed by atoms with van der Waals surface area (Å²) in [6.07, 6.45) is 6.75. The molecule has 1 heterocycles. The van der Waals surface area contributed by atoms with Crippen molar-refractivity contribution in [2.45, 2.75) is 70.9 Å². The largest absolute Gasteiger partial charge is 0.309 e. The van der Waals surface area contributed by atoms with E-state index in [0.29, 0.717) is 17.1 Å². The lowest BCUT2D eigenvalue weighted by atomic mass is 9.83. The van der Waals surface area contributed by atoms with E-state index in [1.807, 2.05) is 24.3 Å². The molecule has 0 bridgehead atoms. The van der Waals surface area contributed by atoms with Gasteiger partial charge in [0, 0.05) is 6.04 Å². The average Bonchev–Trinajstić information content (AvgIpc) is 2.78. The Labute approximate surface area is 179 Å². The summed E-state index contributed by atoms with van der Waals surface area (Å²) in [5.41, 5.74) is 3.43. The lowest BCUT2D eigenvalue weighted by molar-refractivity contribution is 0.367. The maximum Gasteiger partial charge on any atom is 0.258 e. The van der Waals surface area contributed by atoms with Crippen LogP contribution in [0.1, 0.15) is 87.8 Å². The van der Waals surface area contributed by atoms with Crippen LogP contribution in [0, 0.1) is 5.92 Å². The summed E-state index contributed by atoms with van der Waals surface area (Å²) in [5, 5.41) is 4.34. The predicted molar refractivity (Wildman–Crippen MR) is 124 cm³/mol. The van der Waals surface area contributed by atoms with E-state index in [0.717, 1.165) is 11.4 Å². The van der Waals surface area contributed by atoms with Gasteiger partial charge >= 0.3 is 0 Å². The van der Waals surface area contributed by atoms with Crippen molar-refractivity contribution in [3.8, 4) is 0 Å². The molecule has 0 unspecified atom stereocenters. The minimum absolute atomic E-state index is 0.0623. The molecule has 0 radical (unpaired) electrons. The van der Waals surface area contributed by atoms with Crippen molar-refractivity contribution < 1.29 is 0 Å². The van der Waals surface area contributed by atoms with Crippen LogP contribution in [-0.4, -0.2) is 9.97 Å². The fourth-order valence-corrected chi connectivity index (χ4v) is 4.74. The Morgan fingerprint density at radius 1 is 0.967 bits per heavy atom. The topological polar surface area (TPSA) is 57.8 Å². The van der Waals surface area contributed by atoms with Crippen LogP contribution < -0.4 is 10.9 Å². The SMILES string of the molecule is CC(C)[C@@H](N[C@H](C)c1nc2ccccc2c(=O)[nH]1)c1ccc(C2CCCCC2)cc1. The van der Waals surface area contributed by atoms with Gasteiger partial charge in [-0.2, -0.15) is 0 Å². The Kier molecular flexibility index (Phi) is 6.33. The molecule has 1 saturated carbocycles. The normalized spacial score (nSPS) is 17.3. The zero-order valence-corrected chi connectivity index (χ0v) is 18.3. The molecule has 30 heavy (non-hydrogen) atoms. The second-order valence-electron chi connectivity index (χ2n) is 9.08. The standard InChI is InChI=1S/C26H33N3O/c1-17(2)24(21-15-13-20(14-16-21)19-9-5-4-6-10-19)27-18(3)25-28-23-12-8-7-11-22(23)26(30)29-25/h7-8,11-19,24,27H,4-6,9-10H2,1-3H3,(H,28,29,30)/t18-,24-/m1/s1. The number of hydrogen-bond acceptors (Lipinski definition) is 3. The van der Waals surface area contributed by atoms with Gasteiger partial charge in [-0.25, -0.2) is 4.98 Å². The highest BCUT2D eigenvalue weighted by atomic mass is 16.1. The van der Waals surface area contributed by atoms with Crippen molar-refractivity contribution in [2.24, 2.45) is 5.92 Å². The molecule has 0 spiro atoms. The molecule has 4 rings (SSSR count). The Bertz CT molecular complexity index is 1030. The van der Waals surface area contributed by atoms with Crippen LogP contribution in [0.25, 0.3) is 10.9 Å². The number of H-pyrrole nitrogens is 1. The molecule has 4 heteroatoms. The number of fused-ring (bicyclic) bond motifs is 1. The van der Waals surface area contributed by atoms with E-state index in [1.54, 1.807) is 0 Å². The van der Waals surface area contributed by atoms with Gasteiger partial charge in [0.25, 0.3) is 5.56 Å². The van der Waals surface area contributed by atoms with Crippen molar-refractivity contribution in [2.75, 3.05) is 0 Å². The summed E-state index contributed by atoms with van der Waals surface area (Å²) in [7, 11) is 0. The fourth-order valence-electron chi connectivity index (χ4n) is 4.74. The van der Waals surface area contributed by atoms with Crippen LogP contribution in [0.5, 0.6) is 0 Å². The van der Waals surface area contributed by atoms with Crippen molar-refractivity contribution in [1.82, 2.24) is 15.3 Å². The van der Waals surface area contributed by atoms with E-state index in [4.69, 9.17) is 4.98 Å². The molecule has 2 N–H and O–H groups in total. The monoisotopic (exact) mass is 403 g/mol. The zero-order valence-electron chi connectivity index (χ0n) is 18.3. The quantitative estimate of drug-likeness (QED) is 0.529. The van der Waals surface area contributed by atoms with Crippen molar-refractivity contribution in [1.29, 1.82) is 0 Å². The first-order valence-electron chi connectivity index (χ1n) is 11.4. The summed E-state index contributed by atoms with van der Waals surface area (Å²) in [5.74, 6) is 1.83. The van der Waals surface area contributed by atoms with Gasteiger partial charge in [0.1, 0.15) is 5.82 Å². The van der Waals surface area contributed by atoms with Gasteiger partial charge < -0.3 is 10.3 Å². The van der Waals surface area contributed by atoms with Crippen molar-refractivity contribution in [3.05, 3.63) is 75.8 Å². The van der Waals surface area contributed by atoms with E-state index >= 15 is 0 Å². The molecule has 0 amide bonds. The summed E-state index contributed by atoms with van der Waals surface area (Å²) in [6.45, 7) is 6.53. The van der Waals surface area contributed by atoms with Crippen LogP contribution in [0.3, 0.4) is 0 Å². The van der Waals surface area contributed by atoms with Gasteiger partial charge in [-0.05, 0) is 54.9 Å². The first-order valence-corrected chi connectivity index (χ1v) is 11.4. The van der Waals surface area contributed by atoms with Crippen LogP contribution in [0.2, 0.25) is 0 Å². The number of rotatable bonds is 6. The van der Waals surface area contributed by atoms with Gasteiger partial charge in [-0.1, -0.05) is 69.5 Å². The highest BCUT2D eigenvalue weighted by Crippen LogP contribution is 2.34. The highest BCUT2D eigenvalue weighted by molar-refractivity contribution is 5.77. The summed E-state index contributed by atoms with van der Waals surface area (Å²) in [6, 6.07) is 16.8. The van der Waals surface area contributed by atoms with E-state index in [9.17, 15) is 4.79 Å². The Morgan fingerprint density at radius 3 is 2.37 bits per heavy atom. The molecule has 0 aliphatic heterocycles. The lowest BCUT2D eigenvalue weighted by Gasteiger charge is -2.28. The number of nitrogens with zero attached hydrogens (tertiary/aromatic N) is 1. The minimum Gasteiger partial charge on any atom is -0.309 e. The molecule has 1 aromatic heterocycles. The third-order valence-electron chi connectivity index (χ3n) is 6.51. The third-order valence-corrected chi connectivity index (χ3v) is 6.51. The van der Waals surface area contributed by atoms with E-state index in [2.05, 4.69) is 55.3 Å². The number of para-hydroxylation sites is 1. The van der Waals surface area contributed by atoms with Crippen LogP contribution in [0.4, 0.5) is 0 Å². The second-order valence-corrected chi connectivity index (χ2v) is 9.08. The number of nitrogens with one attached hydrogen (secondary N) is 2. The number of hydrogen-bond donors (Lipinski definition) is 2. The summed E-state index contributed by atoms with van der Waals surface area (Å²) >= 11 is 0. The highest BCUT2D eigenvalue weighted by Gasteiger charge is 2.21. The second kappa shape index (κ2) is 9.13. The number of aromatic amines is 1. The Hall–Kier alpha value is -2.46. The third kappa shape index (κ3) is 4.49. The molecule has 4 nitrogen and oxygen atoms in total. The van der Waals surface area contributed by atoms with E-state index < -0.39 is 0 Å². The van der Waals surface area contributed by atoms with Gasteiger partial charge in [0.2, 0.25) is 0 Å². The maximum absolute atomic E-state index is 12.5. The fraction of sp³-hybridized carbons (Fsp3) is 0.462. The smallest absolute Gasteiger partial charge is 0.258 e. The molecule has 2 atom stereocenters. The molecule has 0 saturated heterocycles. The van der Waals surface area contributed by atoms with Gasteiger partial charge in [-0.15, -0.1) is 0 Å². The van der Waals surface area contributed by atoms with Crippen LogP contribution >= 0.6 is 0 Å². The van der Waals surface area contributed by atoms with Gasteiger partial charge in [0.15, 0.2) is 0 Å².